The number of hydrogen-bond donors (Lipinski definition) is 0. The van der Waals surface area contributed by atoms with Crippen molar-refractivity contribution in [3.05, 3.63) is 58.6 Å². The molecule has 0 radical (unpaired) electrons. The van der Waals surface area contributed by atoms with Crippen molar-refractivity contribution in [3.63, 3.8) is 0 Å². The number of hydrogen-bond acceptors (Lipinski definition) is 5. The first-order chi connectivity index (χ1) is 18.1. The lowest BCUT2D eigenvalue weighted by Crippen LogP contribution is -2.51. The number of ether oxygens (including phenoxy) is 3. The number of carbonyl (C=O) groups is 2. The summed E-state index contributed by atoms with van der Waals surface area (Å²) in [5, 5.41) is -0.0395. The highest BCUT2D eigenvalue weighted by atomic mass is 35.5. The Bertz CT molecular complexity index is 1110. The number of carbonyl (C=O) groups excluding carboxylic acids is 2. The maximum Gasteiger partial charge on any atom is 0.422 e. The van der Waals surface area contributed by atoms with Gasteiger partial charge in [-0.1, -0.05) is 29.8 Å². The second-order valence-electron chi connectivity index (χ2n) is 8.82. The predicted octanol–water partition coefficient (Wildman–Crippen LogP) is 4.85. The van der Waals surface area contributed by atoms with Crippen molar-refractivity contribution in [3.8, 4) is 5.75 Å². The lowest BCUT2D eigenvalue weighted by atomic mass is 10.1. The zero-order chi connectivity index (χ0) is 27.9. The summed E-state index contributed by atoms with van der Waals surface area (Å²) in [7, 11) is 3.13. The quantitative estimate of drug-likeness (QED) is 0.441. The van der Waals surface area contributed by atoms with Crippen LogP contribution in [0, 0.1) is 0 Å². The van der Waals surface area contributed by atoms with Crippen molar-refractivity contribution < 1.29 is 37.0 Å². The Morgan fingerprint density at radius 1 is 1.08 bits per heavy atom. The summed E-state index contributed by atoms with van der Waals surface area (Å²) in [6, 6.07) is 10.5. The molecule has 0 aromatic heterocycles. The van der Waals surface area contributed by atoms with E-state index in [1.807, 2.05) is 19.1 Å². The lowest BCUT2D eigenvalue weighted by molar-refractivity contribution is -0.153. The van der Waals surface area contributed by atoms with Crippen LogP contribution < -0.4 is 9.64 Å². The highest BCUT2D eigenvalue weighted by molar-refractivity contribution is 6.34. The number of halogens is 4. The third kappa shape index (κ3) is 7.52. The summed E-state index contributed by atoms with van der Waals surface area (Å²) in [6.07, 6.45) is -4.50. The minimum absolute atomic E-state index is 0.0395. The van der Waals surface area contributed by atoms with E-state index in [1.165, 1.54) is 18.2 Å². The van der Waals surface area contributed by atoms with Crippen molar-refractivity contribution in [2.75, 3.05) is 58.6 Å². The molecule has 2 aromatic carbocycles. The number of alkyl halides is 3. The molecule has 0 aliphatic carbocycles. The van der Waals surface area contributed by atoms with Gasteiger partial charge < -0.3 is 28.9 Å². The van der Waals surface area contributed by atoms with E-state index >= 15 is 0 Å². The van der Waals surface area contributed by atoms with Gasteiger partial charge in [0.25, 0.3) is 5.91 Å². The molecule has 3 amide bonds. The molecule has 0 spiro atoms. The zero-order valence-corrected chi connectivity index (χ0v) is 22.2. The van der Waals surface area contributed by atoms with Gasteiger partial charge >= 0.3 is 12.2 Å². The van der Waals surface area contributed by atoms with E-state index in [0.29, 0.717) is 32.0 Å². The molecule has 1 aliphatic rings. The van der Waals surface area contributed by atoms with Crippen LogP contribution in [0.25, 0.3) is 0 Å². The third-order valence-corrected chi connectivity index (χ3v) is 6.38. The molecule has 0 saturated heterocycles. The number of para-hydroxylation sites is 1. The van der Waals surface area contributed by atoms with Gasteiger partial charge in [0.15, 0.2) is 6.61 Å². The Kier molecular flexibility index (Phi) is 10.2. The molecule has 0 fully saturated rings. The van der Waals surface area contributed by atoms with Gasteiger partial charge in [0.1, 0.15) is 5.75 Å². The Labute approximate surface area is 224 Å². The van der Waals surface area contributed by atoms with E-state index in [9.17, 15) is 22.8 Å². The molecule has 0 bridgehead atoms. The van der Waals surface area contributed by atoms with E-state index < -0.39 is 18.7 Å². The molecule has 1 atom stereocenters. The fourth-order valence-corrected chi connectivity index (χ4v) is 4.37. The molecular weight excluding hydrogens is 527 g/mol. The van der Waals surface area contributed by atoms with Crippen LogP contribution in [0.1, 0.15) is 22.8 Å². The van der Waals surface area contributed by atoms with Crippen LogP contribution in [-0.4, -0.2) is 87.6 Å². The molecule has 8 nitrogen and oxygen atoms in total. The fourth-order valence-electron chi connectivity index (χ4n) is 4.11. The van der Waals surface area contributed by atoms with Crippen molar-refractivity contribution >= 4 is 29.2 Å². The average molecular weight is 558 g/mol. The molecular formula is C26H31ClF3N3O5. The standard InChI is InChI=1S/C26H31ClF3N3O5/c1-18-15-33(24(34)21-9-8-20(14-22(21)27)38-17-26(28,29)30)23-7-5-4-6-19(23)16-32(18)25(35)31(10-12-36-2)11-13-37-3/h4-9,14,18H,10-13,15-17H2,1-3H3/t18-/m1/s1. The van der Waals surface area contributed by atoms with Crippen LogP contribution in [0.15, 0.2) is 42.5 Å². The molecule has 1 heterocycles. The van der Waals surface area contributed by atoms with E-state index in [2.05, 4.69) is 0 Å². The van der Waals surface area contributed by atoms with Gasteiger partial charge in [-0.3, -0.25) is 4.79 Å². The topological polar surface area (TPSA) is 71.6 Å². The normalized spacial score (nSPS) is 15.6. The van der Waals surface area contributed by atoms with Gasteiger partial charge in [-0.2, -0.15) is 13.2 Å². The first kappa shape index (κ1) is 29.5. The maximum atomic E-state index is 13.7. The molecule has 1 aliphatic heterocycles. The number of benzene rings is 2. The average Bonchev–Trinajstić information content (AvgIpc) is 3.03. The van der Waals surface area contributed by atoms with Crippen LogP contribution >= 0.6 is 11.6 Å². The second kappa shape index (κ2) is 13.2. The SMILES string of the molecule is COCCN(CCOC)C(=O)N1Cc2ccccc2N(C(=O)c2ccc(OCC(F)(F)F)cc2Cl)C[C@H]1C. The third-order valence-electron chi connectivity index (χ3n) is 6.07. The number of anilines is 1. The molecule has 12 heteroatoms. The zero-order valence-electron chi connectivity index (χ0n) is 21.5. The minimum Gasteiger partial charge on any atom is -0.484 e. The number of fused-ring (bicyclic) bond motifs is 1. The van der Waals surface area contributed by atoms with Gasteiger partial charge in [-0.15, -0.1) is 0 Å². The van der Waals surface area contributed by atoms with Gasteiger partial charge in [0.2, 0.25) is 0 Å². The highest BCUT2D eigenvalue weighted by Gasteiger charge is 2.34. The molecule has 0 N–H and O–H groups in total. The molecule has 38 heavy (non-hydrogen) atoms. The Morgan fingerprint density at radius 3 is 2.34 bits per heavy atom. The Morgan fingerprint density at radius 2 is 1.74 bits per heavy atom. The largest absolute Gasteiger partial charge is 0.484 e. The van der Waals surface area contributed by atoms with Gasteiger partial charge in [-0.25, -0.2) is 4.79 Å². The summed E-state index contributed by atoms with van der Waals surface area (Å²) in [5.41, 5.74) is 1.49. The molecule has 0 saturated carbocycles. The fraction of sp³-hybridized carbons (Fsp3) is 0.462. The van der Waals surface area contributed by atoms with Gasteiger partial charge in [-0.05, 0) is 36.8 Å². The Hall–Kier alpha value is -3.02. The number of rotatable bonds is 9. The first-order valence-corrected chi connectivity index (χ1v) is 12.4. The molecule has 0 unspecified atom stereocenters. The number of methoxy groups -OCH3 is 2. The van der Waals surface area contributed by atoms with Crippen LogP contribution in [0.4, 0.5) is 23.7 Å². The lowest BCUT2D eigenvalue weighted by Gasteiger charge is -2.34. The summed E-state index contributed by atoms with van der Waals surface area (Å²) >= 11 is 6.31. The molecule has 2 aromatic rings. The van der Waals surface area contributed by atoms with Crippen molar-refractivity contribution in [1.29, 1.82) is 0 Å². The number of urea groups is 1. The predicted molar refractivity (Wildman–Crippen MR) is 137 cm³/mol. The smallest absolute Gasteiger partial charge is 0.422 e. The van der Waals surface area contributed by atoms with Crippen LogP contribution in [0.3, 0.4) is 0 Å². The van der Waals surface area contributed by atoms with Gasteiger partial charge in [0, 0.05) is 52.1 Å². The van der Waals surface area contributed by atoms with E-state index in [1.54, 1.807) is 41.1 Å². The summed E-state index contributed by atoms with van der Waals surface area (Å²) in [6.45, 7) is 2.31. The molecule has 208 valence electrons. The number of amides is 3. The van der Waals surface area contributed by atoms with Crippen LogP contribution in [0.2, 0.25) is 5.02 Å². The van der Waals surface area contributed by atoms with Crippen molar-refractivity contribution in [1.82, 2.24) is 9.80 Å². The van der Waals surface area contributed by atoms with Crippen molar-refractivity contribution in [2.45, 2.75) is 25.7 Å². The second-order valence-corrected chi connectivity index (χ2v) is 9.23. The van der Waals surface area contributed by atoms with Crippen LogP contribution in [-0.2, 0) is 16.0 Å². The Balaban J connectivity index is 1.88. The van der Waals surface area contributed by atoms with E-state index in [-0.39, 0.29) is 41.5 Å². The number of nitrogens with zero attached hydrogens (tertiary/aromatic N) is 3. The monoisotopic (exact) mass is 557 g/mol. The van der Waals surface area contributed by atoms with E-state index in [0.717, 1.165) is 5.56 Å². The summed E-state index contributed by atoms with van der Waals surface area (Å²) in [4.78, 5) is 32.1. The highest BCUT2D eigenvalue weighted by Crippen LogP contribution is 2.32. The van der Waals surface area contributed by atoms with E-state index in [4.69, 9.17) is 25.8 Å². The molecule has 3 rings (SSSR count). The van der Waals surface area contributed by atoms with Crippen molar-refractivity contribution in [2.24, 2.45) is 0 Å². The first-order valence-electron chi connectivity index (χ1n) is 12.0. The maximum absolute atomic E-state index is 13.7. The van der Waals surface area contributed by atoms with Crippen LogP contribution in [0.5, 0.6) is 5.75 Å². The summed E-state index contributed by atoms with van der Waals surface area (Å²) in [5.74, 6) is -0.543. The summed E-state index contributed by atoms with van der Waals surface area (Å²) < 4.78 is 52.6. The van der Waals surface area contributed by atoms with Gasteiger partial charge in [0.05, 0.1) is 23.8 Å². The minimum atomic E-state index is -4.50.